The summed E-state index contributed by atoms with van der Waals surface area (Å²) in [6, 6.07) is 1.88. The second-order valence-electron chi connectivity index (χ2n) is 2.26. The highest BCUT2D eigenvalue weighted by Crippen LogP contribution is 2.01. The molecule has 4 heteroatoms. The number of aromatic nitrogens is 2. The van der Waals surface area contributed by atoms with Gasteiger partial charge in [-0.05, 0) is 19.4 Å². The fourth-order valence-corrected chi connectivity index (χ4v) is 0.731. The van der Waals surface area contributed by atoms with Gasteiger partial charge in [-0.15, -0.1) is 0 Å². The van der Waals surface area contributed by atoms with Crippen LogP contribution in [-0.2, 0) is 0 Å². The zero-order chi connectivity index (χ0) is 8.43. The van der Waals surface area contributed by atoms with Gasteiger partial charge in [-0.1, -0.05) is 0 Å². The van der Waals surface area contributed by atoms with E-state index in [1.165, 1.54) is 0 Å². The van der Waals surface area contributed by atoms with Crippen molar-refractivity contribution in [2.24, 2.45) is 0 Å². The molecule has 0 unspecified atom stereocenters. The Morgan fingerprint density at radius 2 is 2.09 bits per heavy atom. The van der Waals surface area contributed by atoms with Crippen molar-refractivity contribution in [3.05, 3.63) is 27.2 Å². The van der Waals surface area contributed by atoms with E-state index in [0.29, 0.717) is 11.1 Å². The largest absolute Gasteiger partial charge is 0.268 e. The Bertz CT molecular complexity index is 372. The predicted octanol–water partition coefficient (Wildman–Crippen LogP) is 0.258. The summed E-state index contributed by atoms with van der Waals surface area (Å²) in [4.78, 5) is 10.9. The molecule has 4 nitrogen and oxygen atoms in total. The Morgan fingerprint density at radius 1 is 1.45 bits per heavy atom. The molecule has 0 atom stereocenters. The van der Waals surface area contributed by atoms with Crippen LogP contribution in [0.3, 0.4) is 0 Å². The van der Waals surface area contributed by atoms with E-state index in [1.54, 1.807) is 13.8 Å². The molecule has 0 aliphatic rings. The van der Waals surface area contributed by atoms with Crippen LogP contribution < -0.4 is 5.56 Å². The fourth-order valence-electron chi connectivity index (χ4n) is 0.731. The highest BCUT2D eigenvalue weighted by molar-refractivity contribution is 5.33. The van der Waals surface area contributed by atoms with Gasteiger partial charge in [0.2, 0.25) is 0 Å². The van der Waals surface area contributed by atoms with Gasteiger partial charge in [0, 0.05) is 5.56 Å². The molecule has 11 heavy (non-hydrogen) atoms. The summed E-state index contributed by atoms with van der Waals surface area (Å²) in [6.07, 6.45) is 0. The molecule has 0 fully saturated rings. The smallest absolute Gasteiger partial charge is 0.267 e. The maximum atomic E-state index is 10.9. The van der Waals surface area contributed by atoms with Crippen molar-refractivity contribution in [1.29, 1.82) is 5.26 Å². The molecule has 0 radical (unpaired) electrons. The molecule has 0 saturated heterocycles. The highest BCUT2D eigenvalue weighted by Gasteiger charge is 2.03. The Morgan fingerprint density at radius 3 is 2.64 bits per heavy atom. The number of hydrogen-bond donors (Lipinski definition) is 1. The van der Waals surface area contributed by atoms with Crippen molar-refractivity contribution < 1.29 is 0 Å². The summed E-state index contributed by atoms with van der Waals surface area (Å²) in [5.41, 5.74) is 1.25. The molecule has 0 bridgehead atoms. The third-order valence-electron chi connectivity index (χ3n) is 1.63. The van der Waals surface area contributed by atoms with Crippen molar-refractivity contribution in [3.63, 3.8) is 0 Å². The number of H-pyrrole nitrogens is 1. The van der Waals surface area contributed by atoms with Crippen LogP contribution in [0.5, 0.6) is 0 Å². The number of nitrogens with one attached hydrogen (secondary N) is 1. The third kappa shape index (κ3) is 1.13. The molecule has 0 saturated carbocycles. The van der Waals surface area contributed by atoms with Gasteiger partial charge in [0.15, 0.2) is 5.69 Å². The van der Waals surface area contributed by atoms with E-state index in [4.69, 9.17) is 5.26 Å². The normalized spacial score (nSPS) is 9.18. The first-order valence-electron chi connectivity index (χ1n) is 3.12. The maximum Gasteiger partial charge on any atom is 0.267 e. The van der Waals surface area contributed by atoms with Crippen LogP contribution in [0.15, 0.2) is 4.79 Å². The number of hydrogen-bond acceptors (Lipinski definition) is 3. The molecule has 0 spiro atoms. The molecule has 56 valence electrons. The Balaban J connectivity index is 3.52. The first-order chi connectivity index (χ1) is 5.16. The minimum Gasteiger partial charge on any atom is -0.268 e. The molecular formula is C7H7N3O. The minimum absolute atomic E-state index is 0.235. The first kappa shape index (κ1) is 7.48. The molecule has 1 aromatic rings. The van der Waals surface area contributed by atoms with E-state index < -0.39 is 0 Å². The summed E-state index contributed by atoms with van der Waals surface area (Å²) in [6.45, 7) is 3.37. The van der Waals surface area contributed by atoms with E-state index in [2.05, 4.69) is 10.2 Å². The van der Waals surface area contributed by atoms with Crippen LogP contribution in [0.1, 0.15) is 16.8 Å². The number of nitrogens with zero attached hydrogens (tertiary/aromatic N) is 2. The van der Waals surface area contributed by atoms with Crippen molar-refractivity contribution in [1.82, 2.24) is 10.2 Å². The molecule has 0 aliphatic carbocycles. The summed E-state index contributed by atoms with van der Waals surface area (Å²) in [5, 5.41) is 14.3. The third-order valence-corrected chi connectivity index (χ3v) is 1.63. The standard InChI is InChI=1S/C7H7N3O/c1-4-5(2)7(11)10-9-6(4)3-8/h1-2H3,(H,10,11). The predicted molar refractivity (Wildman–Crippen MR) is 39.0 cm³/mol. The second-order valence-corrected chi connectivity index (χ2v) is 2.26. The van der Waals surface area contributed by atoms with Crippen LogP contribution in [0, 0.1) is 25.2 Å². The van der Waals surface area contributed by atoms with Crippen molar-refractivity contribution in [3.8, 4) is 6.07 Å². The summed E-state index contributed by atoms with van der Waals surface area (Å²) in [7, 11) is 0. The van der Waals surface area contributed by atoms with Gasteiger partial charge in [0.1, 0.15) is 6.07 Å². The van der Waals surface area contributed by atoms with Crippen LogP contribution in [0.2, 0.25) is 0 Å². The zero-order valence-electron chi connectivity index (χ0n) is 6.30. The molecule has 1 rings (SSSR count). The van der Waals surface area contributed by atoms with E-state index in [-0.39, 0.29) is 11.3 Å². The van der Waals surface area contributed by atoms with Crippen LogP contribution in [0.4, 0.5) is 0 Å². The highest BCUT2D eigenvalue weighted by atomic mass is 16.1. The Kier molecular flexibility index (Phi) is 1.73. The van der Waals surface area contributed by atoms with Gasteiger partial charge < -0.3 is 0 Å². The van der Waals surface area contributed by atoms with Crippen LogP contribution >= 0.6 is 0 Å². The minimum atomic E-state index is -0.235. The van der Waals surface area contributed by atoms with Crippen LogP contribution in [0.25, 0.3) is 0 Å². The van der Waals surface area contributed by atoms with E-state index in [1.807, 2.05) is 6.07 Å². The van der Waals surface area contributed by atoms with Gasteiger partial charge in [0.25, 0.3) is 5.56 Å². The lowest BCUT2D eigenvalue weighted by Gasteiger charge is -1.96. The fraction of sp³-hybridized carbons (Fsp3) is 0.286. The van der Waals surface area contributed by atoms with Crippen molar-refractivity contribution in [2.45, 2.75) is 13.8 Å². The summed E-state index contributed by atoms with van der Waals surface area (Å²) >= 11 is 0. The average Bonchev–Trinajstić information content (AvgIpc) is 2.01. The lowest BCUT2D eigenvalue weighted by atomic mass is 10.1. The number of rotatable bonds is 0. The van der Waals surface area contributed by atoms with Gasteiger partial charge >= 0.3 is 0 Å². The topological polar surface area (TPSA) is 69.5 Å². The summed E-state index contributed by atoms with van der Waals surface area (Å²) < 4.78 is 0. The van der Waals surface area contributed by atoms with E-state index in [9.17, 15) is 4.79 Å². The molecular weight excluding hydrogens is 142 g/mol. The molecule has 0 amide bonds. The van der Waals surface area contributed by atoms with Crippen molar-refractivity contribution in [2.75, 3.05) is 0 Å². The molecule has 1 aromatic heterocycles. The monoisotopic (exact) mass is 149 g/mol. The van der Waals surface area contributed by atoms with Crippen LogP contribution in [-0.4, -0.2) is 10.2 Å². The lowest BCUT2D eigenvalue weighted by Crippen LogP contribution is -2.14. The first-order valence-corrected chi connectivity index (χ1v) is 3.12. The molecule has 0 aromatic carbocycles. The summed E-state index contributed by atoms with van der Waals surface area (Å²) in [5.74, 6) is 0. The molecule has 1 heterocycles. The average molecular weight is 149 g/mol. The SMILES string of the molecule is Cc1c(C#N)n[nH]c(=O)c1C. The number of nitriles is 1. The van der Waals surface area contributed by atoms with Crippen molar-refractivity contribution >= 4 is 0 Å². The van der Waals surface area contributed by atoms with Gasteiger partial charge in [-0.25, -0.2) is 5.10 Å². The van der Waals surface area contributed by atoms with Gasteiger partial charge in [-0.3, -0.25) is 4.79 Å². The maximum absolute atomic E-state index is 10.9. The molecule has 0 aliphatic heterocycles. The quantitative estimate of drug-likeness (QED) is 0.575. The van der Waals surface area contributed by atoms with E-state index in [0.717, 1.165) is 0 Å². The van der Waals surface area contributed by atoms with Gasteiger partial charge in [0.05, 0.1) is 0 Å². The van der Waals surface area contributed by atoms with Gasteiger partial charge in [-0.2, -0.15) is 10.4 Å². The van der Waals surface area contributed by atoms with E-state index >= 15 is 0 Å². The lowest BCUT2D eigenvalue weighted by molar-refractivity contribution is 0.933. The number of aromatic amines is 1. The zero-order valence-corrected chi connectivity index (χ0v) is 6.30. The second kappa shape index (κ2) is 2.54. The Labute approximate surface area is 63.5 Å². The Hall–Kier alpha value is -1.63. The molecule has 1 N–H and O–H groups in total.